The lowest BCUT2D eigenvalue weighted by Gasteiger charge is -2.41. The van der Waals surface area contributed by atoms with Crippen LogP contribution in [0.2, 0.25) is 0 Å². The third-order valence-corrected chi connectivity index (χ3v) is 7.81. The maximum Gasteiger partial charge on any atom is 0.223 e. The molecule has 0 aliphatic carbocycles. The Morgan fingerprint density at radius 1 is 1.17 bits per heavy atom. The number of anilines is 1. The van der Waals surface area contributed by atoms with Gasteiger partial charge in [-0.25, -0.2) is 13.4 Å². The van der Waals surface area contributed by atoms with Gasteiger partial charge in [0.2, 0.25) is 5.91 Å². The van der Waals surface area contributed by atoms with Crippen molar-refractivity contribution in [2.45, 2.75) is 57.0 Å². The largest absolute Gasteiger partial charge is 0.360 e. The summed E-state index contributed by atoms with van der Waals surface area (Å²) in [5.74, 6) is 0.876. The maximum atomic E-state index is 12.8. The average Bonchev–Trinajstić information content (AvgIpc) is 3.15. The highest BCUT2D eigenvalue weighted by Crippen LogP contribution is 2.34. The Morgan fingerprint density at radius 3 is 2.41 bits per heavy atom. The molecule has 0 radical (unpaired) electrons. The highest BCUT2D eigenvalue weighted by molar-refractivity contribution is 7.91. The van der Waals surface area contributed by atoms with Crippen molar-refractivity contribution in [3.63, 3.8) is 0 Å². The molecular weight excluding hydrogens is 392 g/mol. The van der Waals surface area contributed by atoms with Crippen LogP contribution in [0.4, 0.5) is 5.82 Å². The number of likely N-dealkylation sites (tertiary alicyclic amines) is 1. The van der Waals surface area contributed by atoms with E-state index in [1.54, 1.807) is 13.8 Å². The van der Waals surface area contributed by atoms with E-state index in [0.29, 0.717) is 18.8 Å². The van der Waals surface area contributed by atoms with E-state index >= 15 is 0 Å². The second-order valence-electron chi connectivity index (χ2n) is 8.01. The van der Waals surface area contributed by atoms with Crippen LogP contribution < -0.4 is 4.90 Å². The number of hydrogen-bond donors (Lipinski definition) is 0. The van der Waals surface area contributed by atoms with Gasteiger partial charge in [-0.1, -0.05) is 11.2 Å². The molecule has 4 rings (SSSR count). The number of carbonyl (C=O) groups excluding carboxylic acids is 1. The minimum Gasteiger partial charge on any atom is -0.360 e. The number of hydrogen-bond acceptors (Lipinski definition) is 7. The topological polar surface area (TPSA) is 96.6 Å². The first kappa shape index (κ1) is 19.9. The minimum absolute atomic E-state index is 0.0331. The molecule has 0 N–H and O–H groups in total. The Bertz CT molecular complexity index is 982. The van der Waals surface area contributed by atoms with Crippen molar-refractivity contribution < 1.29 is 17.7 Å². The quantitative estimate of drug-likeness (QED) is 0.733. The summed E-state index contributed by atoms with van der Waals surface area (Å²) < 4.78 is 30.2. The Morgan fingerprint density at radius 2 is 1.86 bits per heavy atom. The number of aryl methyl sites for hydroxylation is 3. The maximum absolute atomic E-state index is 12.8. The highest BCUT2D eigenvalue weighted by atomic mass is 32.2. The first-order valence-electron chi connectivity index (χ1n) is 9.90. The van der Waals surface area contributed by atoms with E-state index in [1.807, 2.05) is 24.1 Å². The molecule has 2 atom stereocenters. The number of nitrogens with zero attached hydrogens (tertiary/aromatic N) is 4. The van der Waals surface area contributed by atoms with Gasteiger partial charge in [0, 0.05) is 37.8 Å². The van der Waals surface area contributed by atoms with Crippen LogP contribution in [0.25, 0.3) is 0 Å². The molecule has 9 heteroatoms. The highest BCUT2D eigenvalue weighted by Gasteiger charge is 2.42. The fourth-order valence-corrected chi connectivity index (χ4v) is 6.10. The number of sulfone groups is 1. The van der Waals surface area contributed by atoms with Crippen molar-refractivity contribution in [1.29, 1.82) is 0 Å². The summed E-state index contributed by atoms with van der Waals surface area (Å²) in [5.41, 5.74) is 1.46. The van der Waals surface area contributed by atoms with E-state index in [0.717, 1.165) is 24.2 Å². The van der Waals surface area contributed by atoms with Crippen LogP contribution >= 0.6 is 0 Å². The second kappa shape index (κ2) is 7.44. The SMILES string of the molecule is Cc1ccc(N2C3CCC2CN(C(=O)CCS(=O)(=O)c2c(C)noc2C)C3)nc1. The van der Waals surface area contributed by atoms with Crippen molar-refractivity contribution in [3.05, 3.63) is 35.3 Å². The van der Waals surface area contributed by atoms with Crippen molar-refractivity contribution in [2.75, 3.05) is 23.7 Å². The number of piperazine rings is 1. The van der Waals surface area contributed by atoms with Gasteiger partial charge in [0.15, 0.2) is 15.6 Å². The molecule has 0 spiro atoms. The standard InChI is InChI=1S/C20H26N4O4S/c1-13-4-7-18(21-10-13)24-16-5-6-17(24)12-23(11-16)19(25)8-9-29(26,27)20-14(2)22-28-15(20)3/h4,7,10,16-17H,5-6,8-9,11-12H2,1-3H3. The monoisotopic (exact) mass is 418 g/mol. The van der Waals surface area contributed by atoms with Crippen LogP contribution in [-0.2, 0) is 14.6 Å². The zero-order valence-electron chi connectivity index (χ0n) is 17.0. The van der Waals surface area contributed by atoms with Crippen molar-refractivity contribution in [2.24, 2.45) is 0 Å². The molecule has 2 aromatic rings. The molecule has 2 aliphatic rings. The third kappa shape index (κ3) is 3.75. The van der Waals surface area contributed by atoms with E-state index in [9.17, 15) is 13.2 Å². The Balaban J connectivity index is 1.41. The predicted molar refractivity (Wildman–Crippen MR) is 107 cm³/mol. The van der Waals surface area contributed by atoms with Gasteiger partial charge in [-0.05, 0) is 45.2 Å². The molecule has 2 aromatic heterocycles. The molecule has 0 saturated carbocycles. The van der Waals surface area contributed by atoms with Gasteiger partial charge in [0.25, 0.3) is 0 Å². The normalized spacial score (nSPS) is 21.6. The lowest BCUT2D eigenvalue weighted by molar-refractivity contribution is -0.131. The van der Waals surface area contributed by atoms with Gasteiger partial charge < -0.3 is 14.3 Å². The molecule has 1 amide bonds. The van der Waals surface area contributed by atoms with Crippen LogP contribution in [-0.4, -0.2) is 60.3 Å². The van der Waals surface area contributed by atoms with Crippen LogP contribution in [0.1, 0.15) is 36.3 Å². The Kier molecular flexibility index (Phi) is 5.10. The van der Waals surface area contributed by atoms with Gasteiger partial charge in [-0.15, -0.1) is 0 Å². The third-order valence-electron chi connectivity index (χ3n) is 5.86. The summed E-state index contributed by atoms with van der Waals surface area (Å²) in [6.45, 7) is 6.40. The van der Waals surface area contributed by atoms with Crippen LogP contribution in [0.15, 0.2) is 27.7 Å². The Hall–Kier alpha value is -2.42. The summed E-state index contributed by atoms with van der Waals surface area (Å²) in [7, 11) is -3.61. The molecule has 0 aromatic carbocycles. The van der Waals surface area contributed by atoms with Crippen molar-refractivity contribution in [1.82, 2.24) is 15.0 Å². The lowest BCUT2D eigenvalue weighted by Crippen LogP contribution is -2.55. The zero-order chi connectivity index (χ0) is 20.8. The molecule has 2 bridgehead atoms. The first-order chi connectivity index (χ1) is 13.8. The molecule has 2 aliphatic heterocycles. The van der Waals surface area contributed by atoms with E-state index in [-0.39, 0.29) is 40.8 Å². The molecule has 2 saturated heterocycles. The lowest BCUT2D eigenvalue weighted by atomic mass is 10.1. The van der Waals surface area contributed by atoms with E-state index < -0.39 is 9.84 Å². The van der Waals surface area contributed by atoms with Crippen molar-refractivity contribution in [3.8, 4) is 0 Å². The number of amides is 1. The number of carbonyl (C=O) groups is 1. The smallest absolute Gasteiger partial charge is 0.223 e. The second-order valence-corrected chi connectivity index (χ2v) is 10.1. The molecule has 156 valence electrons. The predicted octanol–water partition coefficient (Wildman–Crippen LogP) is 2.04. The van der Waals surface area contributed by atoms with Crippen LogP contribution in [0.3, 0.4) is 0 Å². The number of rotatable bonds is 5. The van der Waals surface area contributed by atoms with E-state index in [4.69, 9.17) is 4.52 Å². The fraction of sp³-hybridized carbons (Fsp3) is 0.550. The van der Waals surface area contributed by atoms with Gasteiger partial charge in [0.1, 0.15) is 10.7 Å². The molecular formula is C20H26N4O4S. The molecule has 2 unspecified atom stereocenters. The summed E-state index contributed by atoms with van der Waals surface area (Å²) >= 11 is 0. The van der Waals surface area contributed by atoms with Gasteiger partial charge in [0.05, 0.1) is 11.4 Å². The number of pyridine rings is 1. The molecule has 2 fully saturated rings. The van der Waals surface area contributed by atoms with Gasteiger partial charge in [-0.2, -0.15) is 0 Å². The number of aromatic nitrogens is 2. The average molecular weight is 419 g/mol. The molecule has 29 heavy (non-hydrogen) atoms. The van der Waals surface area contributed by atoms with Crippen LogP contribution in [0, 0.1) is 20.8 Å². The summed E-state index contributed by atoms with van der Waals surface area (Å²) in [6.07, 6.45) is 3.86. The fourth-order valence-electron chi connectivity index (χ4n) is 4.49. The number of fused-ring (bicyclic) bond motifs is 2. The summed E-state index contributed by atoms with van der Waals surface area (Å²) in [4.78, 5) is 21.6. The van der Waals surface area contributed by atoms with Crippen molar-refractivity contribution >= 4 is 21.6 Å². The van der Waals surface area contributed by atoms with Gasteiger partial charge in [-0.3, -0.25) is 4.79 Å². The zero-order valence-corrected chi connectivity index (χ0v) is 17.8. The van der Waals surface area contributed by atoms with E-state index in [2.05, 4.69) is 21.1 Å². The molecule has 4 heterocycles. The van der Waals surface area contributed by atoms with Gasteiger partial charge >= 0.3 is 0 Å². The summed E-state index contributed by atoms with van der Waals surface area (Å²) in [6, 6.07) is 4.55. The first-order valence-corrected chi connectivity index (χ1v) is 11.6. The Labute approximate surface area is 170 Å². The van der Waals surface area contributed by atoms with E-state index in [1.165, 1.54) is 0 Å². The minimum atomic E-state index is -3.61. The van der Waals surface area contributed by atoms with Crippen LogP contribution in [0.5, 0.6) is 0 Å². The summed E-state index contributed by atoms with van der Waals surface area (Å²) in [5, 5.41) is 3.71. The molecule has 8 nitrogen and oxygen atoms in total.